The lowest BCUT2D eigenvalue weighted by Gasteiger charge is -2.28. The number of H-pyrrole nitrogens is 1. The summed E-state index contributed by atoms with van der Waals surface area (Å²) in [4.78, 5) is 13.9. The molecule has 0 radical (unpaired) electrons. The number of aromatic amines is 1. The molecule has 0 spiro atoms. The molecule has 0 saturated carbocycles. The van der Waals surface area contributed by atoms with E-state index in [0.717, 1.165) is 12.1 Å². The minimum absolute atomic E-state index is 0.0128. The standard InChI is InChI=1S/C15H21FN4O2/c1-3-7-22-8-4-12(21)19-5-6-20-11(9-19)14(16)13-10(2)17-18-15(13)20/h3-9H2,1-2H3,(H,17,18). The van der Waals surface area contributed by atoms with Gasteiger partial charge in [-0.1, -0.05) is 6.92 Å². The Morgan fingerprint density at radius 2 is 2.23 bits per heavy atom. The third-order valence-corrected chi connectivity index (χ3v) is 4.08. The van der Waals surface area contributed by atoms with Crippen LogP contribution in [0.4, 0.5) is 4.39 Å². The first-order valence-electron chi connectivity index (χ1n) is 7.70. The second-order valence-corrected chi connectivity index (χ2v) is 5.64. The Morgan fingerprint density at radius 3 is 3.00 bits per heavy atom. The van der Waals surface area contributed by atoms with E-state index in [4.69, 9.17) is 4.74 Å². The van der Waals surface area contributed by atoms with Gasteiger partial charge in [0.05, 0.1) is 30.7 Å². The molecule has 1 N–H and O–H groups in total. The van der Waals surface area contributed by atoms with Crippen LogP contribution in [-0.4, -0.2) is 45.3 Å². The van der Waals surface area contributed by atoms with Gasteiger partial charge >= 0.3 is 0 Å². The van der Waals surface area contributed by atoms with Gasteiger partial charge < -0.3 is 14.2 Å². The van der Waals surface area contributed by atoms with Crippen LogP contribution in [-0.2, 0) is 22.6 Å². The van der Waals surface area contributed by atoms with Gasteiger partial charge in [-0.25, -0.2) is 4.39 Å². The van der Waals surface area contributed by atoms with E-state index in [1.807, 2.05) is 11.5 Å². The number of aryl methyl sites for hydroxylation is 1. The second kappa shape index (κ2) is 6.08. The molecule has 2 aromatic heterocycles. The number of carbonyl (C=O) groups is 1. The predicted molar refractivity (Wildman–Crippen MR) is 79.9 cm³/mol. The van der Waals surface area contributed by atoms with Gasteiger partial charge in [-0.05, 0) is 13.3 Å². The van der Waals surface area contributed by atoms with Crippen molar-refractivity contribution in [3.05, 3.63) is 17.2 Å². The Morgan fingerprint density at radius 1 is 1.41 bits per heavy atom. The smallest absolute Gasteiger partial charge is 0.225 e. The highest BCUT2D eigenvalue weighted by Crippen LogP contribution is 2.29. The highest BCUT2D eigenvalue weighted by Gasteiger charge is 2.28. The normalized spacial score (nSPS) is 14.6. The number of nitrogens with zero attached hydrogens (tertiary/aromatic N) is 3. The van der Waals surface area contributed by atoms with Crippen LogP contribution in [0.15, 0.2) is 0 Å². The summed E-state index contributed by atoms with van der Waals surface area (Å²) in [5, 5.41) is 7.52. The van der Waals surface area contributed by atoms with E-state index in [1.54, 1.807) is 11.8 Å². The third-order valence-electron chi connectivity index (χ3n) is 4.08. The second-order valence-electron chi connectivity index (χ2n) is 5.64. The van der Waals surface area contributed by atoms with Crippen molar-refractivity contribution in [1.82, 2.24) is 19.7 Å². The molecule has 1 aliphatic heterocycles. The van der Waals surface area contributed by atoms with Crippen LogP contribution < -0.4 is 0 Å². The van der Waals surface area contributed by atoms with Crippen molar-refractivity contribution in [3.8, 4) is 0 Å². The lowest BCUT2D eigenvalue weighted by molar-refractivity contribution is -0.133. The molecule has 0 saturated heterocycles. The third kappa shape index (κ3) is 2.49. The molecule has 0 bridgehead atoms. The number of amides is 1. The van der Waals surface area contributed by atoms with Gasteiger partial charge in [0.1, 0.15) is 0 Å². The van der Waals surface area contributed by atoms with Gasteiger partial charge in [0.25, 0.3) is 0 Å². The first kappa shape index (κ1) is 15.0. The Balaban J connectivity index is 1.72. The number of ether oxygens (including phenoxy) is 1. The number of nitrogens with one attached hydrogen (secondary N) is 1. The zero-order valence-electron chi connectivity index (χ0n) is 13.0. The fourth-order valence-electron chi connectivity index (χ4n) is 2.92. The number of halogens is 1. The lowest BCUT2D eigenvalue weighted by Crippen LogP contribution is -2.38. The number of rotatable bonds is 5. The summed E-state index contributed by atoms with van der Waals surface area (Å²) in [6.07, 6.45) is 1.29. The van der Waals surface area contributed by atoms with Crippen molar-refractivity contribution < 1.29 is 13.9 Å². The van der Waals surface area contributed by atoms with Crippen molar-refractivity contribution in [3.63, 3.8) is 0 Å². The van der Waals surface area contributed by atoms with E-state index in [1.165, 1.54) is 0 Å². The van der Waals surface area contributed by atoms with Gasteiger partial charge in [-0.3, -0.25) is 9.89 Å². The van der Waals surface area contributed by atoms with Crippen molar-refractivity contribution in [2.45, 2.75) is 39.8 Å². The van der Waals surface area contributed by atoms with Crippen LogP contribution in [0.3, 0.4) is 0 Å². The van der Waals surface area contributed by atoms with Gasteiger partial charge in [-0.15, -0.1) is 0 Å². The molecule has 7 heteroatoms. The number of hydrogen-bond acceptors (Lipinski definition) is 3. The molecule has 3 rings (SSSR count). The van der Waals surface area contributed by atoms with Gasteiger partial charge in [0.15, 0.2) is 11.5 Å². The molecule has 6 nitrogen and oxygen atoms in total. The van der Waals surface area contributed by atoms with Gasteiger partial charge in [0.2, 0.25) is 5.91 Å². The Hall–Kier alpha value is -1.89. The van der Waals surface area contributed by atoms with E-state index in [0.29, 0.717) is 56.0 Å². The Labute approximate surface area is 128 Å². The summed E-state index contributed by atoms with van der Waals surface area (Å²) in [5.74, 6) is -0.250. The summed E-state index contributed by atoms with van der Waals surface area (Å²) < 4.78 is 21.8. The summed E-state index contributed by atoms with van der Waals surface area (Å²) in [6.45, 7) is 6.38. The Bertz CT molecular complexity index is 691. The van der Waals surface area contributed by atoms with E-state index in [-0.39, 0.29) is 11.7 Å². The Kier molecular flexibility index (Phi) is 4.15. The van der Waals surface area contributed by atoms with E-state index >= 15 is 0 Å². The van der Waals surface area contributed by atoms with Gasteiger partial charge in [0, 0.05) is 25.4 Å². The highest BCUT2D eigenvalue weighted by atomic mass is 19.1. The zero-order chi connectivity index (χ0) is 15.7. The maximum absolute atomic E-state index is 14.6. The maximum atomic E-state index is 14.6. The molecule has 3 heterocycles. The van der Waals surface area contributed by atoms with Crippen LogP contribution in [0.2, 0.25) is 0 Å². The number of fused-ring (bicyclic) bond motifs is 3. The van der Waals surface area contributed by atoms with Crippen molar-refractivity contribution in [1.29, 1.82) is 0 Å². The molecule has 0 aromatic carbocycles. The molecular formula is C15H21FN4O2. The number of aromatic nitrogens is 3. The number of carbonyl (C=O) groups excluding carboxylic acids is 1. The van der Waals surface area contributed by atoms with Crippen molar-refractivity contribution in [2.75, 3.05) is 19.8 Å². The molecule has 22 heavy (non-hydrogen) atoms. The molecule has 2 aromatic rings. The molecular weight excluding hydrogens is 287 g/mol. The average molecular weight is 308 g/mol. The summed E-state index contributed by atoms with van der Waals surface area (Å²) >= 11 is 0. The monoisotopic (exact) mass is 308 g/mol. The molecule has 120 valence electrons. The van der Waals surface area contributed by atoms with Crippen LogP contribution in [0, 0.1) is 12.7 Å². The van der Waals surface area contributed by atoms with Crippen LogP contribution >= 0.6 is 0 Å². The molecule has 1 aliphatic rings. The molecule has 0 fully saturated rings. The summed E-state index contributed by atoms with van der Waals surface area (Å²) in [5.41, 5.74) is 1.91. The minimum atomic E-state index is -0.263. The maximum Gasteiger partial charge on any atom is 0.225 e. The zero-order valence-corrected chi connectivity index (χ0v) is 13.0. The lowest BCUT2D eigenvalue weighted by atomic mass is 10.2. The fraction of sp³-hybridized carbons (Fsp3) is 0.600. The minimum Gasteiger partial charge on any atom is -0.381 e. The van der Waals surface area contributed by atoms with Crippen molar-refractivity contribution in [2.24, 2.45) is 0 Å². The molecule has 0 aliphatic carbocycles. The fourth-order valence-corrected chi connectivity index (χ4v) is 2.92. The number of hydrogen-bond donors (Lipinski definition) is 1. The average Bonchev–Trinajstić information content (AvgIpc) is 3.03. The molecule has 0 atom stereocenters. The van der Waals surface area contributed by atoms with Crippen LogP contribution in [0.25, 0.3) is 11.0 Å². The van der Waals surface area contributed by atoms with Crippen LogP contribution in [0.1, 0.15) is 31.2 Å². The van der Waals surface area contributed by atoms with Crippen LogP contribution in [0.5, 0.6) is 0 Å². The summed E-state index contributed by atoms with van der Waals surface area (Å²) in [6, 6.07) is 0. The predicted octanol–water partition coefficient (Wildman–Crippen LogP) is 1.97. The SMILES string of the molecule is CCCOCCC(=O)N1CCn2c(c(F)c3c(C)[nH]nc32)C1. The highest BCUT2D eigenvalue weighted by molar-refractivity contribution is 5.82. The largest absolute Gasteiger partial charge is 0.381 e. The quantitative estimate of drug-likeness (QED) is 0.859. The van der Waals surface area contributed by atoms with E-state index in [2.05, 4.69) is 10.2 Å². The van der Waals surface area contributed by atoms with E-state index in [9.17, 15) is 9.18 Å². The van der Waals surface area contributed by atoms with Gasteiger partial charge in [-0.2, -0.15) is 5.10 Å². The topological polar surface area (TPSA) is 63.1 Å². The van der Waals surface area contributed by atoms with Crippen molar-refractivity contribution >= 4 is 16.9 Å². The molecule has 0 unspecified atom stereocenters. The summed E-state index contributed by atoms with van der Waals surface area (Å²) in [7, 11) is 0. The molecule has 1 amide bonds. The van der Waals surface area contributed by atoms with E-state index < -0.39 is 0 Å². The first-order valence-corrected chi connectivity index (χ1v) is 7.70. The first-order chi connectivity index (χ1) is 10.6.